The molecule has 0 radical (unpaired) electrons. The molecule has 1 heterocycles. The molecule has 0 bridgehead atoms. The van der Waals surface area contributed by atoms with Crippen LogP contribution in [0.15, 0.2) is 24.3 Å². The van der Waals surface area contributed by atoms with E-state index in [9.17, 15) is 4.79 Å². The van der Waals surface area contributed by atoms with E-state index in [-0.39, 0.29) is 5.91 Å². The number of nitrogens with zero attached hydrogens (tertiary/aromatic N) is 3. The van der Waals surface area contributed by atoms with Crippen LogP contribution in [0.25, 0.3) is 0 Å². The smallest absolute Gasteiger partial charge is 0.223 e. The third-order valence-electron chi connectivity index (χ3n) is 4.83. The molecular formula is C19H30ClN3O. The van der Waals surface area contributed by atoms with E-state index in [0.717, 1.165) is 36.8 Å². The number of rotatable bonds is 6. The van der Waals surface area contributed by atoms with Gasteiger partial charge < -0.3 is 9.80 Å². The van der Waals surface area contributed by atoms with Gasteiger partial charge in [0, 0.05) is 49.7 Å². The van der Waals surface area contributed by atoms with E-state index >= 15 is 0 Å². The van der Waals surface area contributed by atoms with Crippen molar-refractivity contribution in [3.05, 3.63) is 34.9 Å². The summed E-state index contributed by atoms with van der Waals surface area (Å²) in [7, 11) is 4.20. The van der Waals surface area contributed by atoms with Crippen LogP contribution in [0.3, 0.4) is 0 Å². The Hall–Kier alpha value is -1.10. The molecule has 0 saturated carbocycles. The Labute approximate surface area is 151 Å². The van der Waals surface area contributed by atoms with Crippen LogP contribution in [0.4, 0.5) is 0 Å². The summed E-state index contributed by atoms with van der Waals surface area (Å²) < 4.78 is 0. The summed E-state index contributed by atoms with van der Waals surface area (Å²) in [4.78, 5) is 19.3. The predicted octanol–water partition coefficient (Wildman–Crippen LogP) is 2.76. The zero-order valence-electron chi connectivity index (χ0n) is 15.3. The summed E-state index contributed by atoms with van der Waals surface area (Å²) in [5, 5.41) is 0.751. The van der Waals surface area contributed by atoms with Gasteiger partial charge in [0.1, 0.15) is 0 Å². The lowest BCUT2D eigenvalue weighted by atomic mass is 10.1. The third-order valence-corrected chi connectivity index (χ3v) is 5.19. The first-order chi connectivity index (χ1) is 11.4. The fourth-order valence-electron chi connectivity index (χ4n) is 3.42. The van der Waals surface area contributed by atoms with Crippen molar-refractivity contribution >= 4 is 17.5 Å². The first-order valence-corrected chi connectivity index (χ1v) is 9.18. The Balaban J connectivity index is 1.87. The van der Waals surface area contributed by atoms with Gasteiger partial charge in [0.25, 0.3) is 0 Å². The first kappa shape index (κ1) is 19.2. The van der Waals surface area contributed by atoms with E-state index < -0.39 is 0 Å². The number of amides is 1. The largest absolute Gasteiger partial charge is 0.340 e. The summed E-state index contributed by atoms with van der Waals surface area (Å²) in [6.07, 6.45) is 1.24. The number of hydrogen-bond donors (Lipinski definition) is 0. The third kappa shape index (κ3) is 5.20. The molecule has 0 aliphatic carbocycles. The second-order valence-corrected chi connectivity index (χ2v) is 7.54. The molecule has 0 N–H and O–H groups in total. The average Bonchev–Trinajstić information content (AvgIpc) is 2.52. The van der Waals surface area contributed by atoms with Crippen LogP contribution in [-0.2, 0) is 11.2 Å². The summed E-state index contributed by atoms with van der Waals surface area (Å²) in [6, 6.07) is 8.58. The Bertz CT molecular complexity index is 537. The lowest BCUT2D eigenvalue weighted by Crippen LogP contribution is -2.59. The van der Waals surface area contributed by atoms with E-state index in [4.69, 9.17) is 11.6 Å². The van der Waals surface area contributed by atoms with Crippen LogP contribution < -0.4 is 0 Å². The average molecular weight is 352 g/mol. The van der Waals surface area contributed by atoms with Crippen LogP contribution in [-0.4, -0.2) is 73.0 Å². The van der Waals surface area contributed by atoms with E-state index in [2.05, 4.69) is 37.7 Å². The molecule has 1 aromatic rings. The zero-order chi connectivity index (χ0) is 17.7. The van der Waals surface area contributed by atoms with Crippen LogP contribution in [0.5, 0.6) is 0 Å². The molecule has 0 spiro atoms. The standard InChI is InChI=1S/C19H30ClN3O/c1-15-13-22(14-16(2)23(15)12-11-21(3)4)19(24)10-9-17-7-5-6-8-18(17)20/h5-8,15-16H,9-14H2,1-4H3. The summed E-state index contributed by atoms with van der Waals surface area (Å²) in [5.41, 5.74) is 1.05. The highest BCUT2D eigenvalue weighted by atomic mass is 35.5. The summed E-state index contributed by atoms with van der Waals surface area (Å²) in [6.45, 7) is 8.18. The van der Waals surface area contributed by atoms with Crippen LogP contribution >= 0.6 is 11.6 Å². The number of carbonyl (C=O) groups is 1. The molecule has 2 atom stereocenters. The minimum atomic E-state index is 0.237. The van der Waals surface area contributed by atoms with Crippen molar-refractivity contribution in [1.29, 1.82) is 0 Å². The Morgan fingerprint density at radius 3 is 2.42 bits per heavy atom. The molecule has 134 valence electrons. The fraction of sp³-hybridized carbons (Fsp3) is 0.632. The molecule has 1 amide bonds. The summed E-state index contributed by atoms with van der Waals surface area (Å²) in [5.74, 6) is 0.237. The number of likely N-dealkylation sites (N-methyl/N-ethyl adjacent to an activating group) is 1. The highest BCUT2D eigenvalue weighted by Gasteiger charge is 2.31. The van der Waals surface area contributed by atoms with Gasteiger partial charge in [0.15, 0.2) is 0 Å². The van der Waals surface area contributed by atoms with Crippen molar-refractivity contribution < 1.29 is 4.79 Å². The molecule has 2 unspecified atom stereocenters. The first-order valence-electron chi connectivity index (χ1n) is 8.80. The molecule has 5 heteroatoms. The number of halogens is 1. The molecule has 1 saturated heterocycles. The quantitative estimate of drug-likeness (QED) is 0.788. The maximum absolute atomic E-state index is 12.6. The van der Waals surface area contributed by atoms with Crippen molar-refractivity contribution in [2.24, 2.45) is 0 Å². The Morgan fingerprint density at radius 2 is 1.83 bits per heavy atom. The normalized spacial score (nSPS) is 22.2. The number of benzene rings is 1. The fourth-order valence-corrected chi connectivity index (χ4v) is 3.65. The highest BCUT2D eigenvalue weighted by molar-refractivity contribution is 6.31. The van der Waals surface area contributed by atoms with E-state index in [1.807, 2.05) is 29.2 Å². The second-order valence-electron chi connectivity index (χ2n) is 7.13. The topological polar surface area (TPSA) is 26.8 Å². The van der Waals surface area contributed by atoms with Gasteiger partial charge in [0.05, 0.1) is 0 Å². The maximum Gasteiger partial charge on any atom is 0.223 e. The SMILES string of the molecule is CC1CN(C(=O)CCc2ccccc2Cl)CC(C)N1CCN(C)C. The van der Waals surface area contributed by atoms with E-state index in [1.165, 1.54) is 0 Å². The molecule has 0 aromatic heterocycles. The van der Waals surface area contributed by atoms with Crippen molar-refractivity contribution in [2.75, 3.05) is 40.3 Å². The van der Waals surface area contributed by atoms with Crippen molar-refractivity contribution in [2.45, 2.75) is 38.8 Å². The van der Waals surface area contributed by atoms with Crippen molar-refractivity contribution in [3.63, 3.8) is 0 Å². The van der Waals surface area contributed by atoms with Gasteiger partial charge in [-0.15, -0.1) is 0 Å². The van der Waals surface area contributed by atoms with Gasteiger partial charge in [-0.05, 0) is 46.0 Å². The van der Waals surface area contributed by atoms with Crippen molar-refractivity contribution in [3.8, 4) is 0 Å². The Kier molecular flexibility index (Phi) is 7.08. The molecule has 1 aromatic carbocycles. The molecular weight excluding hydrogens is 322 g/mol. The highest BCUT2D eigenvalue weighted by Crippen LogP contribution is 2.19. The van der Waals surface area contributed by atoms with Gasteiger partial charge in [-0.1, -0.05) is 29.8 Å². The maximum atomic E-state index is 12.6. The number of aryl methyl sites for hydroxylation is 1. The molecule has 1 aliphatic heterocycles. The van der Waals surface area contributed by atoms with Gasteiger partial charge >= 0.3 is 0 Å². The molecule has 1 aliphatic rings. The Morgan fingerprint density at radius 1 is 1.21 bits per heavy atom. The zero-order valence-corrected chi connectivity index (χ0v) is 16.1. The van der Waals surface area contributed by atoms with Gasteiger partial charge in [0.2, 0.25) is 5.91 Å². The molecule has 2 rings (SSSR count). The van der Waals surface area contributed by atoms with Crippen LogP contribution in [0.1, 0.15) is 25.8 Å². The monoisotopic (exact) mass is 351 g/mol. The van der Waals surface area contributed by atoms with Crippen LogP contribution in [0.2, 0.25) is 5.02 Å². The van der Waals surface area contributed by atoms with Crippen LogP contribution in [0, 0.1) is 0 Å². The lowest BCUT2D eigenvalue weighted by molar-refractivity contribution is -0.135. The second kappa shape index (κ2) is 8.84. The van der Waals surface area contributed by atoms with Gasteiger partial charge in [-0.3, -0.25) is 9.69 Å². The number of piperazine rings is 1. The van der Waals surface area contributed by atoms with Gasteiger partial charge in [-0.25, -0.2) is 0 Å². The predicted molar refractivity (Wildman–Crippen MR) is 101 cm³/mol. The van der Waals surface area contributed by atoms with Gasteiger partial charge in [-0.2, -0.15) is 0 Å². The van der Waals surface area contributed by atoms with Crippen molar-refractivity contribution in [1.82, 2.24) is 14.7 Å². The molecule has 4 nitrogen and oxygen atoms in total. The number of hydrogen-bond acceptors (Lipinski definition) is 3. The minimum Gasteiger partial charge on any atom is -0.340 e. The summed E-state index contributed by atoms with van der Waals surface area (Å²) >= 11 is 6.18. The number of carbonyl (C=O) groups excluding carboxylic acids is 1. The van der Waals surface area contributed by atoms with E-state index in [0.29, 0.717) is 24.9 Å². The molecule has 24 heavy (non-hydrogen) atoms. The minimum absolute atomic E-state index is 0.237. The van der Waals surface area contributed by atoms with E-state index in [1.54, 1.807) is 0 Å². The molecule has 1 fully saturated rings. The lowest BCUT2D eigenvalue weighted by Gasteiger charge is -2.45.